The fraction of sp³-hybridized carbons (Fsp3) is 0.600. The Kier molecular flexibility index (Phi) is 4.78. The maximum absolute atomic E-state index is 5.36. The average Bonchev–Trinajstić information content (AvgIpc) is 2.64. The Labute approximate surface area is 95.9 Å². The monoisotopic (exact) mass is 224 g/mol. The van der Waals surface area contributed by atoms with Crippen molar-refractivity contribution in [3.63, 3.8) is 0 Å². The van der Waals surface area contributed by atoms with Crippen LogP contribution < -0.4 is 16.6 Å². The highest BCUT2D eigenvalue weighted by molar-refractivity contribution is 5.79. The van der Waals surface area contributed by atoms with Crippen LogP contribution in [-0.2, 0) is 13.6 Å². The van der Waals surface area contributed by atoms with Crippen molar-refractivity contribution in [3.8, 4) is 0 Å². The van der Waals surface area contributed by atoms with Crippen LogP contribution in [0.15, 0.2) is 17.4 Å². The molecule has 0 saturated heterocycles. The summed E-state index contributed by atoms with van der Waals surface area (Å²) in [6.07, 6.45) is 3.72. The van der Waals surface area contributed by atoms with E-state index in [-0.39, 0.29) is 0 Å². The van der Waals surface area contributed by atoms with Crippen LogP contribution in [0.1, 0.15) is 19.4 Å². The van der Waals surface area contributed by atoms with E-state index >= 15 is 0 Å². The molecule has 0 atom stereocenters. The van der Waals surface area contributed by atoms with E-state index in [1.807, 2.05) is 13.2 Å². The third-order valence-corrected chi connectivity index (χ3v) is 1.99. The Morgan fingerprint density at radius 1 is 1.62 bits per heavy atom. The number of hydrogen-bond donors (Lipinski definition) is 3. The van der Waals surface area contributed by atoms with E-state index < -0.39 is 0 Å². The molecule has 6 nitrogen and oxygen atoms in total. The summed E-state index contributed by atoms with van der Waals surface area (Å²) in [4.78, 5) is 4.31. The van der Waals surface area contributed by atoms with Crippen molar-refractivity contribution < 1.29 is 0 Å². The molecular formula is C10H20N6. The molecule has 0 saturated carbocycles. The molecule has 16 heavy (non-hydrogen) atoms. The molecule has 90 valence electrons. The Morgan fingerprint density at radius 3 is 2.88 bits per heavy atom. The lowest BCUT2D eigenvalue weighted by molar-refractivity contribution is 0.615. The highest BCUT2D eigenvalue weighted by Gasteiger charge is 1.99. The number of hydrogen-bond acceptors (Lipinski definition) is 3. The number of aliphatic imine (C=N–C) groups is 1. The molecule has 0 aliphatic heterocycles. The number of rotatable bonds is 4. The third kappa shape index (κ3) is 4.31. The van der Waals surface area contributed by atoms with Gasteiger partial charge in [0.05, 0.1) is 12.7 Å². The van der Waals surface area contributed by atoms with Crippen molar-refractivity contribution in [2.75, 3.05) is 6.54 Å². The molecule has 0 fully saturated rings. The maximum Gasteiger partial charge on any atom is 0.206 e. The first-order valence-electron chi connectivity index (χ1n) is 5.34. The molecule has 0 unspecified atom stereocenters. The summed E-state index contributed by atoms with van der Waals surface area (Å²) in [5, 5.41) is 7.20. The molecular weight excluding hydrogens is 204 g/mol. The predicted molar refractivity (Wildman–Crippen MR) is 64.5 cm³/mol. The van der Waals surface area contributed by atoms with Crippen LogP contribution in [-0.4, -0.2) is 22.3 Å². The van der Waals surface area contributed by atoms with E-state index in [0.717, 1.165) is 12.1 Å². The minimum atomic E-state index is 0.553. The van der Waals surface area contributed by atoms with Gasteiger partial charge in [-0.25, -0.2) is 10.8 Å². The van der Waals surface area contributed by atoms with E-state index in [1.54, 1.807) is 10.9 Å². The molecule has 1 rings (SSSR count). The number of nitrogens with zero attached hydrogens (tertiary/aromatic N) is 3. The summed E-state index contributed by atoms with van der Waals surface area (Å²) in [5.41, 5.74) is 3.60. The third-order valence-electron chi connectivity index (χ3n) is 1.99. The van der Waals surface area contributed by atoms with Crippen molar-refractivity contribution in [1.82, 2.24) is 20.5 Å². The topological polar surface area (TPSA) is 80.3 Å². The highest BCUT2D eigenvalue weighted by atomic mass is 15.3. The molecule has 0 amide bonds. The van der Waals surface area contributed by atoms with E-state index in [4.69, 9.17) is 5.84 Å². The fourth-order valence-electron chi connectivity index (χ4n) is 1.18. The van der Waals surface area contributed by atoms with Crippen molar-refractivity contribution in [2.45, 2.75) is 20.4 Å². The summed E-state index contributed by atoms with van der Waals surface area (Å²) >= 11 is 0. The number of aromatic nitrogens is 2. The minimum absolute atomic E-state index is 0.553. The molecule has 0 aromatic carbocycles. The molecule has 0 aliphatic carbocycles. The molecule has 0 radical (unpaired) electrons. The zero-order valence-electron chi connectivity index (χ0n) is 10.1. The average molecular weight is 224 g/mol. The van der Waals surface area contributed by atoms with Crippen LogP contribution in [0.2, 0.25) is 0 Å². The van der Waals surface area contributed by atoms with Crippen LogP contribution in [0.4, 0.5) is 0 Å². The Balaban J connectivity index is 2.46. The Morgan fingerprint density at radius 2 is 2.38 bits per heavy atom. The molecule has 1 heterocycles. The number of nitrogens with two attached hydrogens (primary N) is 1. The van der Waals surface area contributed by atoms with Crippen LogP contribution >= 0.6 is 0 Å². The first kappa shape index (κ1) is 12.5. The first-order chi connectivity index (χ1) is 7.61. The summed E-state index contributed by atoms with van der Waals surface area (Å²) in [6.45, 7) is 5.67. The lowest BCUT2D eigenvalue weighted by atomic mass is 10.2. The van der Waals surface area contributed by atoms with Crippen LogP contribution in [0.25, 0.3) is 0 Å². The van der Waals surface area contributed by atoms with Crippen molar-refractivity contribution in [2.24, 2.45) is 23.8 Å². The van der Waals surface area contributed by atoms with Gasteiger partial charge in [0.1, 0.15) is 0 Å². The van der Waals surface area contributed by atoms with Gasteiger partial charge in [-0.3, -0.25) is 10.1 Å². The van der Waals surface area contributed by atoms with Gasteiger partial charge in [-0.05, 0) is 5.92 Å². The second-order valence-electron chi connectivity index (χ2n) is 4.11. The fourth-order valence-corrected chi connectivity index (χ4v) is 1.18. The second kappa shape index (κ2) is 6.12. The van der Waals surface area contributed by atoms with Gasteiger partial charge in [0, 0.05) is 25.4 Å². The molecule has 6 heteroatoms. The van der Waals surface area contributed by atoms with Crippen LogP contribution in [0.5, 0.6) is 0 Å². The number of aryl methyl sites for hydroxylation is 1. The van der Waals surface area contributed by atoms with Gasteiger partial charge in [-0.15, -0.1) is 0 Å². The quantitative estimate of drug-likeness (QED) is 0.291. The normalized spacial score (nSPS) is 11.9. The second-order valence-corrected chi connectivity index (χ2v) is 4.11. The lowest BCUT2D eigenvalue weighted by Gasteiger charge is -2.10. The summed E-state index contributed by atoms with van der Waals surface area (Å²) in [5.74, 6) is 6.53. The molecule has 1 aromatic rings. The van der Waals surface area contributed by atoms with Gasteiger partial charge in [0.2, 0.25) is 5.96 Å². The van der Waals surface area contributed by atoms with Crippen molar-refractivity contribution in [3.05, 3.63) is 18.0 Å². The van der Waals surface area contributed by atoms with Gasteiger partial charge < -0.3 is 5.32 Å². The van der Waals surface area contributed by atoms with Crippen LogP contribution in [0.3, 0.4) is 0 Å². The first-order valence-corrected chi connectivity index (χ1v) is 5.34. The zero-order chi connectivity index (χ0) is 12.0. The number of hydrazine groups is 1. The zero-order valence-corrected chi connectivity index (χ0v) is 10.1. The van der Waals surface area contributed by atoms with E-state index in [0.29, 0.717) is 18.4 Å². The van der Waals surface area contributed by atoms with Gasteiger partial charge in [-0.1, -0.05) is 13.8 Å². The van der Waals surface area contributed by atoms with Gasteiger partial charge in [0.25, 0.3) is 0 Å². The van der Waals surface area contributed by atoms with Gasteiger partial charge in [0.15, 0.2) is 0 Å². The Bertz CT molecular complexity index is 341. The standard InChI is InChI=1S/C10H20N6/c1-8(2)4-12-10(15-11)13-5-9-6-14-16(3)7-9/h6-8H,4-5,11H2,1-3H3,(H2,12,13,15). The smallest absolute Gasteiger partial charge is 0.206 e. The molecule has 0 aliphatic rings. The highest BCUT2D eigenvalue weighted by Crippen LogP contribution is 1.97. The minimum Gasteiger partial charge on any atom is -0.355 e. The number of nitrogens with one attached hydrogen (secondary N) is 2. The lowest BCUT2D eigenvalue weighted by Crippen LogP contribution is -2.42. The molecule has 4 N–H and O–H groups in total. The summed E-state index contributed by atoms with van der Waals surface area (Å²) in [7, 11) is 1.88. The summed E-state index contributed by atoms with van der Waals surface area (Å²) < 4.78 is 1.75. The Hall–Kier alpha value is -1.56. The predicted octanol–water partition coefficient (Wildman–Crippen LogP) is -0.0150. The van der Waals surface area contributed by atoms with Gasteiger partial charge >= 0.3 is 0 Å². The summed E-state index contributed by atoms with van der Waals surface area (Å²) in [6, 6.07) is 0. The largest absolute Gasteiger partial charge is 0.355 e. The van der Waals surface area contributed by atoms with Crippen molar-refractivity contribution >= 4 is 5.96 Å². The van der Waals surface area contributed by atoms with E-state index in [9.17, 15) is 0 Å². The van der Waals surface area contributed by atoms with Gasteiger partial charge in [-0.2, -0.15) is 5.10 Å². The van der Waals surface area contributed by atoms with Crippen molar-refractivity contribution in [1.29, 1.82) is 0 Å². The molecule has 0 bridgehead atoms. The van der Waals surface area contributed by atoms with E-state index in [2.05, 4.69) is 34.7 Å². The van der Waals surface area contributed by atoms with Crippen LogP contribution in [0, 0.1) is 5.92 Å². The maximum atomic E-state index is 5.36. The molecule has 1 aromatic heterocycles. The molecule has 0 spiro atoms. The number of guanidine groups is 1. The SMILES string of the molecule is CC(C)CNC(=NCc1cnn(C)c1)NN. The van der Waals surface area contributed by atoms with E-state index in [1.165, 1.54) is 0 Å².